The Bertz CT molecular complexity index is 2190. The lowest BCUT2D eigenvalue weighted by Crippen LogP contribution is -2.59. The van der Waals surface area contributed by atoms with E-state index in [9.17, 15) is 29.3 Å². The molecule has 0 aliphatic carbocycles. The van der Waals surface area contributed by atoms with Crippen molar-refractivity contribution >= 4 is 17.0 Å². The van der Waals surface area contributed by atoms with Crippen LogP contribution in [-0.2, 0) is 0 Å². The first kappa shape index (κ1) is 40.9. The molecule has 3 atom stereocenters. The number of amides is 1. The molecule has 5 aromatic rings. The zero-order valence-corrected chi connectivity index (χ0v) is 33.0. The molecule has 0 spiro atoms. The van der Waals surface area contributed by atoms with Gasteiger partial charge in [0, 0.05) is 24.5 Å². The van der Waals surface area contributed by atoms with Crippen molar-refractivity contribution in [1.82, 2.24) is 20.1 Å². The second-order valence-electron chi connectivity index (χ2n) is 15.8. The molecule has 0 radical (unpaired) electrons. The number of H-pyrrole nitrogens is 1. The maximum atomic E-state index is 14.5. The maximum Gasteiger partial charge on any atom is 0.408 e. The first-order chi connectivity index (χ1) is 28.2. The molecule has 306 valence electrons. The van der Waals surface area contributed by atoms with Gasteiger partial charge < -0.3 is 35.3 Å². The Balaban J connectivity index is 0.920. The summed E-state index contributed by atoms with van der Waals surface area (Å²) in [6, 6.07) is 27.7. The third-order valence-corrected chi connectivity index (χ3v) is 11.9. The van der Waals surface area contributed by atoms with Gasteiger partial charge in [-0.05, 0) is 122 Å². The topological polar surface area (TPSA) is 138 Å². The number of hydrogen-bond donors (Lipinski definition) is 5. The number of piperidine rings is 3. The first-order valence-corrected chi connectivity index (χ1v) is 20.8. The SMILES string of the molecule is O=C(O)N(C(c1ccccc1)c1cc(OCCCCCCCCCNCC(O)c2ccc(O)c3[nH]c(=O)ccc23)cc(-c2cccc(F)c2)c1)C1CN2CCC1CC2. The average Bonchev–Trinajstić information content (AvgIpc) is 3.23. The Labute approximate surface area is 339 Å². The molecule has 10 nitrogen and oxygen atoms in total. The molecule has 4 aromatic carbocycles. The lowest BCUT2D eigenvalue weighted by atomic mass is 9.81. The van der Waals surface area contributed by atoms with Crippen molar-refractivity contribution in [2.75, 3.05) is 39.3 Å². The highest BCUT2D eigenvalue weighted by molar-refractivity contribution is 5.87. The van der Waals surface area contributed by atoms with Crippen molar-refractivity contribution in [3.8, 4) is 22.6 Å². The van der Waals surface area contributed by atoms with E-state index in [-0.39, 0.29) is 23.2 Å². The van der Waals surface area contributed by atoms with Crippen LogP contribution in [0.4, 0.5) is 9.18 Å². The van der Waals surface area contributed by atoms with Crippen molar-refractivity contribution in [1.29, 1.82) is 0 Å². The molecule has 3 aliphatic heterocycles. The zero-order chi connectivity index (χ0) is 40.4. The highest BCUT2D eigenvalue weighted by Crippen LogP contribution is 2.41. The van der Waals surface area contributed by atoms with Gasteiger partial charge in [-0.1, -0.05) is 80.6 Å². The van der Waals surface area contributed by atoms with E-state index in [1.54, 1.807) is 23.1 Å². The number of aliphatic hydroxyl groups is 1. The number of benzene rings is 4. The van der Waals surface area contributed by atoms with Gasteiger partial charge in [-0.3, -0.25) is 9.69 Å². The highest BCUT2D eigenvalue weighted by atomic mass is 19.1. The Morgan fingerprint density at radius 3 is 2.34 bits per heavy atom. The summed E-state index contributed by atoms with van der Waals surface area (Å²) in [6.45, 7) is 4.41. The molecular weight excluding hydrogens is 736 g/mol. The van der Waals surface area contributed by atoms with Crippen LogP contribution in [0.25, 0.3) is 22.0 Å². The van der Waals surface area contributed by atoms with Crippen LogP contribution in [0.3, 0.4) is 0 Å². The minimum absolute atomic E-state index is 0.0247. The van der Waals surface area contributed by atoms with Gasteiger partial charge in [0.2, 0.25) is 5.56 Å². The average molecular weight is 791 g/mol. The summed E-state index contributed by atoms with van der Waals surface area (Å²) in [7, 11) is 0. The summed E-state index contributed by atoms with van der Waals surface area (Å²) in [4.78, 5) is 31.6. The van der Waals surface area contributed by atoms with E-state index in [2.05, 4.69) is 15.2 Å². The van der Waals surface area contributed by atoms with Crippen LogP contribution in [0.1, 0.15) is 86.6 Å². The number of hydrogen-bond acceptors (Lipinski definition) is 7. The van der Waals surface area contributed by atoms with E-state index >= 15 is 0 Å². The largest absolute Gasteiger partial charge is 0.506 e. The van der Waals surface area contributed by atoms with Gasteiger partial charge in [0.1, 0.15) is 17.3 Å². The second-order valence-corrected chi connectivity index (χ2v) is 15.8. The zero-order valence-electron chi connectivity index (χ0n) is 33.0. The Hall–Kier alpha value is -5.23. The van der Waals surface area contributed by atoms with Crippen molar-refractivity contribution < 1.29 is 29.2 Å². The van der Waals surface area contributed by atoms with Gasteiger partial charge in [0.05, 0.1) is 30.3 Å². The molecule has 58 heavy (non-hydrogen) atoms. The summed E-state index contributed by atoms with van der Waals surface area (Å²) < 4.78 is 20.9. The van der Waals surface area contributed by atoms with Gasteiger partial charge in [0.15, 0.2) is 0 Å². The number of aliphatic hydroxyl groups excluding tert-OH is 1. The predicted molar refractivity (Wildman–Crippen MR) is 225 cm³/mol. The van der Waals surface area contributed by atoms with Crippen molar-refractivity contribution in [3.05, 3.63) is 130 Å². The monoisotopic (exact) mass is 790 g/mol. The van der Waals surface area contributed by atoms with Crippen LogP contribution >= 0.6 is 0 Å². The van der Waals surface area contributed by atoms with Gasteiger partial charge >= 0.3 is 6.09 Å². The van der Waals surface area contributed by atoms with Gasteiger partial charge in [0.25, 0.3) is 0 Å². The third kappa shape index (κ3) is 10.1. The predicted octanol–water partition coefficient (Wildman–Crippen LogP) is 8.64. The maximum absolute atomic E-state index is 14.5. The van der Waals surface area contributed by atoms with Crippen molar-refractivity contribution in [3.63, 3.8) is 0 Å². The number of nitrogens with zero attached hydrogens (tertiary/aromatic N) is 2. The van der Waals surface area contributed by atoms with Gasteiger partial charge in [-0.2, -0.15) is 0 Å². The number of fused-ring (bicyclic) bond motifs is 4. The Morgan fingerprint density at radius 1 is 0.862 bits per heavy atom. The molecule has 3 fully saturated rings. The molecule has 4 heterocycles. The number of phenols is 1. The fourth-order valence-corrected chi connectivity index (χ4v) is 8.86. The quantitative estimate of drug-likeness (QED) is 0.0525. The van der Waals surface area contributed by atoms with Crippen LogP contribution in [0.2, 0.25) is 0 Å². The molecule has 3 unspecified atom stereocenters. The number of unbranched alkanes of at least 4 members (excludes halogenated alkanes) is 6. The molecule has 1 amide bonds. The number of halogens is 1. The van der Waals surface area contributed by atoms with E-state index in [0.717, 1.165) is 101 Å². The molecule has 1 aromatic heterocycles. The normalized spacial score (nSPS) is 18.6. The smallest absolute Gasteiger partial charge is 0.408 e. The van der Waals surface area contributed by atoms with E-state index in [1.807, 2.05) is 54.6 Å². The summed E-state index contributed by atoms with van der Waals surface area (Å²) in [5, 5.41) is 35.7. The van der Waals surface area contributed by atoms with Crippen molar-refractivity contribution in [2.45, 2.75) is 76.0 Å². The van der Waals surface area contributed by atoms with Crippen molar-refractivity contribution in [2.24, 2.45) is 5.92 Å². The van der Waals surface area contributed by atoms with Crippen LogP contribution in [0.5, 0.6) is 11.5 Å². The number of aromatic nitrogens is 1. The number of phenolic OH excluding ortho intramolecular Hbond substituents is 1. The number of aromatic amines is 1. The number of aromatic hydroxyl groups is 1. The van der Waals surface area contributed by atoms with Gasteiger partial charge in [-0.15, -0.1) is 0 Å². The van der Waals surface area contributed by atoms with E-state index in [4.69, 9.17) is 4.74 Å². The number of pyridine rings is 1. The minimum atomic E-state index is -0.943. The lowest BCUT2D eigenvalue weighted by Gasteiger charge is -2.50. The van der Waals surface area contributed by atoms with Crippen LogP contribution in [-0.4, -0.2) is 81.6 Å². The molecule has 5 N–H and O–H groups in total. The first-order valence-electron chi connectivity index (χ1n) is 20.8. The molecule has 3 saturated heterocycles. The molecule has 2 bridgehead atoms. The number of ether oxygens (including phenoxy) is 1. The van der Waals surface area contributed by atoms with E-state index in [1.165, 1.54) is 24.3 Å². The second kappa shape index (κ2) is 19.5. The Kier molecular flexibility index (Phi) is 13.8. The molecule has 11 heteroatoms. The highest BCUT2D eigenvalue weighted by Gasteiger charge is 2.43. The van der Waals surface area contributed by atoms with E-state index < -0.39 is 18.2 Å². The van der Waals surface area contributed by atoms with Crippen LogP contribution in [0, 0.1) is 11.7 Å². The fraction of sp³-hybridized carbons (Fsp3) is 0.404. The standard InChI is InChI=1S/C47H55FN4O6/c48-37-15-11-14-34(27-37)35-26-36(46(33-12-7-6-8-13-33)52(47(56)57)41-31-51-23-20-32(41)21-24-51)29-38(28-35)58-25-10-5-3-1-2-4-9-22-49-30-43(54)39-16-18-42(53)45-40(39)17-19-44(55)50-45/h6-8,11-19,26-29,32,41,43,46,49,53-54H,1-5,9-10,20-25,30-31H2,(H,50,55)(H,56,57). The summed E-state index contributed by atoms with van der Waals surface area (Å²) in [5.41, 5.74) is 3.86. The lowest BCUT2D eigenvalue weighted by molar-refractivity contribution is -0.000806. The van der Waals surface area contributed by atoms with E-state index in [0.29, 0.717) is 46.8 Å². The number of rotatable bonds is 19. The van der Waals surface area contributed by atoms with Crippen LogP contribution in [0.15, 0.2) is 102 Å². The molecule has 3 aliphatic rings. The summed E-state index contributed by atoms with van der Waals surface area (Å²) >= 11 is 0. The molecule has 8 rings (SSSR count). The third-order valence-electron chi connectivity index (χ3n) is 11.9. The number of carboxylic acid groups (broad SMARTS) is 1. The summed E-state index contributed by atoms with van der Waals surface area (Å²) in [6.07, 6.45) is 7.54. The Morgan fingerprint density at radius 2 is 1.62 bits per heavy atom. The van der Waals surface area contributed by atoms with Gasteiger partial charge in [-0.25, -0.2) is 9.18 Å². The fourth-order valence-electron chi connectivity index (χ4n) is 8.86. The molecular formula is C47H55FN4O6. The number of nitrogens with one attached hydrogen (secondary N) is 2. The number of carbonyl (C=O) groups is 1. The van der Waals surface area contributed by atoms with Crippen LogP contribution < -0.4 is 15.6 Å². The summed E-state index contributed by atoms with van der Waals surface area (Å²) in [5.74, 6) is 0.588. The molecule has 0 saturated carbocycles. The minimum Gasteiger partial charge on any atom is -0.506 e.